The molecule has 3 heteroatoms. The Hall–Kier alpha value is -1.06. The molecule has 0 saturated heterocycles. The number of hydrogen-bond acceptors (Lipinski definition) is 3. The van der Waals surface area contributed by atoms with Crippen molar-refractivity contribution in [1.82, 2.24) is 0 Å². The zero-order valence-electron chi connectivity index (χ0n) is 10.7. The van der Waals surface area contributed by atoms with Gasteiger partial charge >= 0.3 is 0 Å². The predicted molar refractivity (Wildman–Crippen MR) is 71.4 cm³/mol. The molecule has 1 aliphatic rings. The molecular weight excluding hydrogens is 212 g/mol. The predicted octanol–water partition coefficient (Wildman–Crippen LogP) is 1.80. The second kappa shape index (κ2) is 5.52. The highest BCUT2D eigenvalue weighted by Crippen LogP contribution is 2.31. The molecule has 0 fully saturated rings. The summed E-state index contributed by atoms with van der Waals surface area (Å²) in [6.07, 6.45) is 2.05. The van der Waals surface area contributed by atoms with Crippen molar-refractivity contribution in [3.63, 3.8) is 0 Å². The normalized spacial score (nSPS) is 20.4. The Labute approximate surface area is 104 Å². The molecule has 0 amide bonds. The van der Waals surface area contributed by atoms with Gasteiger partial charge in [-0.15, -0.1) is 0 Å². The first-order valence-electron chi connectivity index (χ1n) is 6.31. The van der Waals surface area contributed by atoms with Gasteiger partial charge in [0.2, 0.25) is 0 Å². The molecule has 2 N–H and O–H groups in total. The molecule has 0 spiro atoms. The number of para-hydroxylation sites is 1. The molecule has 1 aromatic rings. The van der Waals surface area contributed by atoms with Crippen molar-refractivity contribution in [3.05, 3.63) is 29.8 Å². The van der Waals surface area contributed by atoms with Crippen molar-refractivity contribution in [3.8, 4) is 0 Å². The zero-order chi connectivity index (χ0) is 12.3. The molecule has 1 aliphatic heterocycles. The highest BCUT2D eigenvalue weighted by molar-refractivity contribution is 5.59. The van der Waals surface area contributed by atoms with E-state index in [0.29, 0.717) is 6.04 Å². The molecule has 2 unspecified atom stereocenters. The van der Waals surface area contributed by atoms with Crippen molar-refractivity contribution in [1.29, 1.82) is 0 Å². The van der Waals surface area contributed by atoms with E-state index in [4.69, 9.17) is 10.5 Å². The van der Waals surface area contributed by atoms with Crippen molar-refractivity contribution in [2.75, 3.05) is 25.2 Å². The molecule has 3 nitrogen and oxygen atoms in total. The Morgan fingerprint density at radius 1 is 1.47 bits per heavy atom. The average molecular weight is 234 g/mol. The third-order valence-corrected chi connectivity index (χ3v) is 3.47. The van der Waals surface area contributed by atoms with Crippen LogP contribution in [0.2, 0.25) is 0 Å². The second-order valence-corrected chi connectivity index (χ2v) is 4.88. The van der Waals surface area contributed by atoms with E-state index in [2.05, 4.69) is 36.1 Å². The standard InChI is InChI=1S/C14H22N2O/c1-11-9-12-5-3-4-6-14(12)16(11)10-13(15)7-8-17-2/h3-6,11,13H,7-10,15H2,1-2H3. The van der Waals surface area contributed by atoms with Gasteiger partial charge in [0, 0.05) is 38.0 Å². The molecule has 0 radical (unpaired) electrons. The Balaban J connectivity index is 2.01. The number of fused-ring (bicyclic) bond motifs is 1. The van der Waals surface area contributed by atoms with Crippen molar-refractivity contribution >= 4 is 5.69 Å². The molecule has 94 valence electrons. The summed E-state index contributed by atoms with van der Waals surface area (Å²) in [6.45, 7) is 3.93. The topological polar surface area (TPSA) is 38.5 Å². The SMILES string of the molecule is COCCC(N)CN1c2ccccc2CC1C. The summed E-state index contributed by atoms with van der Waals surface area (Å²) in [5.41, 5.74) is 8.94. The Bertz CT molecular complexity index is 367. The molecule has 2 rings (SSSR count). The molecule has 1 aromatic carbocycles. The number of hydrogen-bond donors (Lipinski definition) is 1. The summed E-state index contributed by atoms with van der Waals surface area (Å²) >= 11 is 0. The molecule has 1 heterocycles. The van der Waals surface area contributed by atoms with Crippen LogP contribution in [0.25, 0.3) is 0 Å². The third-order valence-electron chi connectivity index (χ3n) is 3.47. The minimum atomic E-state index is 0.184. The van der Waals surface area contributed by atoms with Crippen LogP contribution in [0.3, 0.4) is 0 Å². The number of nitrogens with zero attached hydrogens (tertiary/aromatic N) is 1. The minimum absolute atomic E-state index is 0.184. The lowest BCUT2D eigenvalue weighted by atomic mass is 10.1. The van der Waals surface area contributed by atoms with Crippen LogP contribution in [0, 0.1) is 0 Å². The van der Waals surface area contributed by atoms with Crippen LogP contribution < -0.4 is 10.6 Å². The molecule has 0 aromatic heterocycles. The van der Waals surface area contributed by atoms with Gasteiger partial charge in [-0.25, -0.2) is 0 Å². The maximum Gasteiger partial charge on any atom is 0.0477 e. The minimum Gasteiger partial charge on any atom is -0.385 e. The summed E-state index contributed by atoms with van der Waals surface area (Å²) in [5.74, 6) is 0. The van der Waals surface area contributed by atoms with Crippen LogP contribution in [-0.4, -0.2) is 32.3 Å². The van der Waals surface area contributed by atoms with Gasteiger partial charge in [0.25, 0.3) is 0 Å². The summed E-state index contributed by atoms with van der Waals surface area (Å²) in [5, 5.41) is 0. The molecular formula is C14H22N2O. The first-order chi connectivity index (χ1) is 8.22. The fourth-order valence-electron chi connectivity index (χ4n) is 2.52. The van der Waals surface area contributed by atoms with E-state index >= 15 is 0 Å². The van der Waals surface area contributed by atoms with Gasteiger partial charge in [0.1, 0.15) is 0 Å². The second-order valence-electron chi connectivity index (χ2n) is 4.88. The smallest absolute Gasteiger partial charge is 0.0477 e. The molecule has 17 heavy (non-hydrogen) atoms. The van der Waals surface area contributed by atoms with Gasteiger partial charge in [0.05, 0.1) is 0 Å². The van der Waals surface area contributed by atoms with Gasteiger partial charge in [-0.3, -0.25) is 0 Å². The number of rotatable bonds is 5. The number of nitrogens with two attached hydrogens (primary N) is 1. The molecule has 2 atom stereocenters. The first-order valence-corrected chi connectivity index (χ1v) is 6.31. The quantitative estimate of drug-likeness (QED) is 0.844. The lowest BCUT2D eigenvalue weighted by Gasteiger charge is -2.28. The van der Waals surface area contributed by atoms with E-state index in [1.165, 1.54) is 11.3 Å². The van der Waals surface area contributed by atoms with Crippen LogP contribution in [0.1, 0.15) is 18.9 Å². The van der Waals surface area contributed by atoms with Crippen LogP contribution in [0.4, 0.5) is 5.69 Å². The zero-order valence-corrected chi connectivity index (χ0v) is 10.7. The monoisotopic (exact) mass is 234 g/mol. The van der Waals surface area contributed by atoms with Gasteiger partial charge < -0.3 is 15.4 Å². The van der Waals surface area contributed by atoms with E-state index in [0.717, 1.165) is 26.0 Å². The lowest BCUT2D eigenvalue weighted by Crippen LogP contribution is -2.41. The number of anilines is 1. The number of ether oxygens (including phenoxy) is 1. The Morgan fingerprint density at radius 2 is 2.24 bits per heavy atom. The molecule has 0 saturated carbocycles. The van der Waals surface area contributed by atoms with E-state index in [1.807, 2.05) is 0 Å². The van der Waals surface area contributed by atoms with Crippen LogP contribution in [0.15, 0.2) is 24.3 Å². The summed E-state index contributed by atoms with van der Waals surface area (Å²) in [7, 11) is 1.72. The maximum absolute atomic E-state index is 6.14. The van der Waals surface area contributed by atoms with E-state index in [1.54, 1.807) is 7.11 Å². The van der Waals surface area contributed by atoms with Gasteiger partial charge in [0.15, 0.2) is 0 Å². The lowest BCUT2D eigenvalue weighted by molar-refractivity contribution is 0.188. The highest BCUT2D eigenvalue weighted by Gasteiger charge is 2.26. The summed E-state index contributed by atoms with van der Waals surface area (Å²) in [4.78, 5) is 2.43. The maximum atomic E-state index is 6.14. The van der Waals surface area contributed by atoms with E-state index < -0.39 is 0 Å². The van der Waals surface area contributed by atoms with Gasteiger partial charge in [-0.05, 0) is 31.4 Å². The third kappa shape index (κ3) is 2.79. The molecule has 0 aliphatic carbocycles. The molecule has 0 bridgehead atoms. The van der Waals surface area contributed by atoms with Crippen LogP contribution in [0.5, 0.6) is 0 Å². The number of benzene rings is 1. The Kier molecular flexibility index (Phi) is 4.02. The number of methoxy groups -OCH3 is 1. The fraction of sp³-hybridized carbons (Fsp3) is 0.571. The summed E-state index contributed by atoms with van der Waals surface area (Å²) < 4.78 is 5.07. The fourth-order valence-corrected chi connectivity index (χ4v) is 2.52. The Morgan fingerprint density at radius 3 is 3.00 bits per heavy atom. The van der Waals surface area contributed by atoms with Crippen LogP contribution >= 0.6 is 0 Å². The van der Waals surface area contributed by atoms with E-state index in [-0.39, 0.29) is 6.04 Å². The van der Waals surface area contributed by atoms with Crippen LogP contribution in [-0.2, 0) is 11.2 Å². The average Bonchev–Trinajstić information content (AvgIpc) is 2.64. The van der Waals surface area contributed by atoms with E-state index in [9.17, 15) is 0 Å². The van der Waals surface area contributed by atoms with Crippen molar-refractivity contribution in [2.45, 2.75) is 31.8 Å². The van der Waals surface area contributed by atoms with Gasteiger partial charge in [-0.2, -0.15) is 0 Å². The highest BCUT2D eigenvalue weighted by atomic mass is 16.5. The first kappa shape index (κ1) is 12.4. The van der Waals surface area contributed by atoms with Crippen molar-refractivity contribution in [2.24, 2.45) is 5.73 Å². The van der Waals surface area contributed by atoms with Crippen molar-refractivity contribution < 1.29 is 4.74 Å². The largest absolute Gasteiger partial charge is 0.385 e. The summed E-state index contributed by atoms with van der Waals surface area (Å²) in [6, 6.07) is 9.36. The van der Waals surface area contributed by atoms with Gasteiger partial charge in [-0.1, -0.05) is 18.2 Å².